The maximum absolute atomic E-state index is 12.7. The molecule has 2 aromatic rings. The first kappa shape index (κ1) is 17.8. The topological polar surface area (TPSA) is 75.2 Å². The Balaban J connectivity index is 0.00000192. The van der Waals surface area contributed by atoms with Crippen LogP contribution in [-0.4, -0.2) is 48.4 Å². The normalized spacial score (nSPS) is 19.1. The predicted molar refractivity (Wildman–Crippen MR) is 90.9 cm³/mol. The van der Waals surface area contributed by atoms with Crippen LogP contribution >= 0.6 is 12.4 Å². The average Bonchev–Trinajstić information content (AvgIpc) is 2.56. The van der Waals surface area contributed by atoms with Crippen molar-refractivity contribution in [2.75, 3.05) is 19.6 Å². The Labute approximate surface area is 142 Å². The zero-order valence-corrected chi connectivity index (χ0v) is 14.3. The summed E-state index contributed by atoms with van der Waals surface area (Å²) in [6.45, 7) is 3.67. The number of aromatic nitrogens is 2. The van der Waals surface area contributed by atoms with Crippen LogP contribution in [0.3, 0.4) is 0 Å². The molecule has 6 nitrogen and oxygen atoms in total. The summed E-state index contributed by atoms with van der Waals surface area (Å²) in [7, 11) is -3.54. The Morgan fingerprint density at radius 2 is 1.83 bits per heavy atom. The van der Waals surface area contributed by atoms with Crippen molar-refractivity contribution in [3.8, 4) is 11.4 Å². The van der Waals surface area contributed by atoms with Crippen LogP contribution in [0.25, 0.3) is 11.4 Å². The van der Waals surface area contributed by atoms with E-state index in [1.165, 1.54) is 16.7 Å². The van der Waals surface area contributed by atoms with Gasteiger partial charge in [0.2, 0.25) is 10.0 Å². The second-order valence-electron chi connectivity index (χ2n) is 5.28. The van der Waals surface area contributed by atoms with E-state index in [0.717, 1.165) is 5.56 Å². The van der Waals surface area contributed by atoms with E-state index in [-0.39, 0.29) is 23.3 Å². The molecule has 8 heteroatoms. The molecule has 1 fully saturated rings. The molecule has 0 radical (unpaired) electrons. The first-order valence-electron chi connectivity index (χ1n) is 7.19. The molecule has 0 amide bonds. The first-order chi connectivity index (χ1) is 10.6. The van der Waals surface area contributed by atoms with Gasteiger partial charge in [-0.15, -0.1) is 12.4 Å². The van der Waals surface area contributed by atoms with Crippen molar-refractivity contribution in [3.63, 3.8) is 0 Å². The van der Waals surface area contributed by atoms with Crippen molar-refractivity contribution in [2.45, 2.75) is 17.9 Å². The van der Waals surface area contributed by atoms with Crippen LogP contribution in [0.15, 0.2) is 47.6 Å². The van der Waals surface area contributed by atoms with Gasteiger partial charge in [-0.25, -0.2) is 18.4 Å². The molecule has 0 spiro atoms. The smallest absolute Gasteiger partial charge is 0.246 e. The summed E-state index contributed by atoms with van der Waals surface area (Å²) < 4.78 is 26.8. The van der Waals surface area contributed by atoms with Gasteiger partial charge in [0.1, 0.15) is 4.90 Å². The molecule has 1 aromatic carbocycles. The zero-order chi connectivity index (χ0) is 15.6. The lowest BCUT2D eigenvalue weighted by molar-refractivity contribution is 0.283. The predicted octanol–water partition coefficient (Wildman–Crippen LogP) is 1.55. The molecule has 0 aliphatic carbocycles. The highest BCUT2D eigenvalue weighted by molar-refractivity contribution is 7.89. The van der Waals surface area contributed by atoms with Crippen molar-refractivity contribution >= 4 is 22.4 Å². The summed E-state index contributed by atoms with van der Waals surface area (Å²) in [5.41, 5.74) is 0.863. The Morgan fingerprint density at radius 3 is 2.43 bits per heavy atom. The van der Waals surface area contributed by atoms with E-state index >= 15 is 0 Å². The molecule has 1 aromatic heterocycles. The number of halogens is 1. The molecule has 1 saturated heterocycles. The number of hydrogen-bond donors (Lipinski definition) is 1. The lowest BCUT2D eigenvalue weighted by atomic mass is 10.2. The van der Waals surface area contributed by atoms with E-state index in [1.807, 2.05) is 37.3 Å². The van der Waals surface area contributed by atoms with Gasteiger partial charge in [0, 0.05) is 31.2 Å². The fourth-order valence-corrected chi connectivity index (χ4v) is 4.02. The van der Waals surface area contributed by atoms with Gasteiger partial charge in [-0.3, -0.25) is 0 Å². The Kier molecular flexibility index (Phi) is 5.69. The van der Waals surface area contributed by atoms with Gasteiger partial charge >= 0.3 is 0 Å². The second-order valence-corrected chi connectivity index (χ2v) is 7.17. The molecule has 1 aliphatic heterocycles. The molecule has 3 rings (SSSR count). The second kappa shape index (κ2) is 7.35. The molecular weight excluding hydrogens is 336 g/mol. The van der Waals surface area contributed by atoms with E-state index in [4.69, 9.17) is 0 Å². The zero-order valence-electron chi connectivity index (χ0n) is 12.7. The summed E-state index contributed by atoms with van der Waals surface area (Å²) >= 11 is 0. The third kappa shape index (κ3) is 3.69. The van der Waals surface area contributed by atoms with Gasteiger partial charge in [0.15, 0.2) is 5.82 Å². The molecule has 124 valence electrons. The molecule has 2 heterocycles. The fraction of sp³-hybridized carbons (Fsp3) is 0.333. The Bertz CT molecular complexity index is 738. The van der Waals surface area contributed by atoms with Crippen molar-refractivity contribution < 1.29 is 8.42 Å². The number of hydrogen-bond acceptors (Lipinski definition) is 5. The highest BCUT2D eigenvalue weighted by Gasteiger charge is 2.31. The third-order valence-electron chi connectivity index (χ3n) is 3.71. The van der Waals surface area contributed by atoms with E-state index in [0.29, 0.717) is 25.5 Å². The lowest BCUT2D eigenvalue weighted by Gasteiger charge is -2.32. The number of nitrogens with zero attached hydrogens (tertiary/aromatic N) is 3. The minimum Gasteiger partial charge on any atom is -0.314 e. The summed E-state index contributed by atoms with van der Waals surface area (Å²) in [6, 6.07) is 9.41. The van der Waals surface area contributed by atoms with E-state index in [9.17, 15) is 8.42 Å². The minimum absolute atomic E-state index is 0. The first-order valence-corrected chi connectivity index (χ1v) is 8.63. The van der Waals surface area contributed by atoms with Crippen LogP contribution in [0.2, 0.25) is 0 Å². The summed E-state index contributed by atoms with van der Waals surface area (Å²) in [5.74, 6) is 0.521. The van der Waals surface area contributed by atoms with Gasteiger partial charge in [-0.05, 0) is 6.92 Å². The van der Waals surface area contributed by atoms with E-state index < -0.39 is 10.0 Å². The SMILES string of the molecule is CC1CNCCN1S(=O)(=O)c1cnc(-c2ccccc2)nc1.Cl. The van der Waals surface area contributed by atoms with Crippen molar-refractivity contribution in [1.82, 2.24) is 19.6 Å². The molecule has 1 unspecified atom stereocenters. The Morgan fingerprint density at radius 1 is 1.17 bits per heavy atom. The monoisotopic (exact) mass is 354 g/mol. The standard InChI is InChI=1S/C15H18N4O2S.ClH/c1-12-9-16-7-8-19(12)22(20,21)14-10-17-15(18-11-14)13-5-3-2-4-6-13;/h2-6,10-12,16H,7-9H2,1H3;1H. The van der Waals surface area contributed by atoms with Crippen LogP contribution < -0.4 is 5.32 Å². The van der Waals surface area contributed by atoms with Gasteiger partial charge in [-0.2, -0.15) is 4.31 Å². The third-order valence-corrected chi connectivity index (χ3v) is 5.67. The lowest BCUT2D eigenvalue weighted by Crippen LogP contribution is -2.52. The molecule has 1 aliphatic rings. The number of rotatable bonds is 3. The molecule has 1 atom stereocenters. The van der Waals surface area contributed by atoms with Crippen molar-refractivity contribution in [1.29, 1.82) is 0 Å². The molecular formula is C15H19ClN4O2S. The molecule has 0 bridgehead atoms. The average molecular weight is 355 g/mol. The number of nitrogens with one attached hydrogen (secondary N) is 1. The summed E-state index contributed by atoms with van der Waals surface area (Å²) in [6.07, 6.45) is 2.78. The fourth-order valence-electron chi connectivity index (χ4n) is 2.50. The molecule has 0 saturated carbocycles. The highest BCUT2D eigenvalue weighted by atomic mass is 35.5. The van der Waals surface area contributed by atoms with Crippen LogP contribution in [-0.2, 0) is 10.0 Å². The number of piperazine rings is 1. The maximum atomic E-state index is 12.7. The number of benzene rings is 1. The number of sulfonamides is 1. The summed E-state index contributed by atoms with van der Waals surface area (Å²) in [5, 5.41) is 3.18. The van der Waals surface area contributed by atoms with Crippen LogP contribution in [0.4, 0.5) is 0 Å². The molecule has 23 heavy (non-hydrogen) atoms. The van der Waals surface area contributed by atoms with Gasteiger partial charge in [0.05, 0.1) is 12.4 Å². The van der Waals surface area contributed by atoms with Gasteiger partial charge < -0.3 is 5.32 Å². The van der Waals surface area contributed by atoms with Crippen molar-refractivity contribution in [3.05, 3.63) is 42.7 Å². The van der Waals surface area contributed by atoms with Crippen LogP contribution in [0.1, 0.15) is 6.92 Å². The van der Waals surface area contributed by atoms with Crippen LogP contribution in [0.5, 0.6) is 0 Å². The summed E-state index contributed by atoms with van der Waals surface area (Å²) in [4.78, 5) is 8.54. The largest absolute Gasteiger partial charge is 0.314 e. The highest BCUT2D eigenvalue weighted by Crippen LogP contribution is 2.20. The van der Waals surface area contributed by atoms with Gasteiger partial charge in [-0.1, -0.05) is 30.3 Å². The van der Waals surface area contributed by atoms with Gasteiger partial charge in [0.25, 0.3) is 0 Å². The Hall–Kier alpha value is -1.54. The van der Waals surface area contributed by atoms with Crippen molar-refractivity contribution in [2.24, 2.45) is 0 Å². The van der Waals surface area contributed by atoms with E-state index in [1.54, 1.807) is 0 Å². The van der Waals surface area contributed by atoms with Crippen LogP contribution in [0, 0.1) is 0 Å². The quantitative estimate of drug-likeness (QED) is 0.905. The molecule has 1 N–H and O–H groups in total. The van der Waals surface area contributed by atoms with E-state index in [2.05, 4.69) is 15.3 Å². The minimum atomic E-state index is -3.54. The maximum Gasteiger partial charge on any atom is 0.246 e.